The van der Waals surface area contributed by atoms with Gasteiger partial charge >= 0.3 is 0 Å². The molecule has 2 unspecified atom stereocenters. The summed E-state index contributed by atoms with van der Waals surface area (Å²) in [5, 5.41) is 0. The Kier molecular flexibility index (Phi) is 4.20. The Morgan fingerprint density at radius 3 is 2.39 bits per heavy atom. The standard InChI is InChI=1S/C13H22F2N2O/c1-17(7-11(14)15)13(18)10-5-8-3-2-4-9(6-10)12(8)16/h8-12H,2-7,16H2,1H3. The van der Waals surface area contributed by atoms with Gasteiger partial charge in [0.1, 0.15) is 0 Å². The number of carbonyl (C=O) groups is 1. The van der Waals surface area contributed by atoms with Crippen molar-refractivity contribution in [2.24, 2.45) is 23.5 Å². The van der Waals surface area contributed by atoms with Crippen LogP contribution in [-0.2, 0) is 4.79 Å². The molecule has 1 amide bonds. The monoisotopic (exact) mass is 260 g/mol. The minimum absolute atomic E-state index is 0.0937. The molecule has 2 atom stereocenters. The number of amides is 1. The summed E-state index contributed by atoms with van der Waals surface area (Å²) < 4.78 is 24.6. The summed E-state index contributed by atoms with van der Waals surface area (Å²) in [7, 11) is 1.47. The SMILES string of the molecule is CN(CC(F)F)C(=O)C1CC2CCCC(C1)C2N. The summed E-state index contributed by atoms with van der Waals surface area (Å²) in [5.41, 5.74) is 6.16. The Bertz CT molecular complexity index is 297. The Hall–Kier alpha value is -0.710. The first-order valence-corrected chi connectivity index (χ1v) is 6.77. The third-order valence-corrected chi connectivity index (χ3v) is 4.55. The van der Waals surface area contributed by atoms with E-state index in [0.717, 1.165) is 25.7 Å². The van der Waals surface area contributed by atoms with Crippen molar-refractivity contribution in [1.29, 1.82) is 0 Å². The highest BCUT2D eigenvalue weighted by Gasteiger charge is 2.41. The molecule has 2 rings (SSSR count). The van der Waals surface area contributed by atoms with E-state index >= 15 is 0 Å². The fourth-order valence-corrected chi connectivity index (χ4v) is 3.60. The van der Waals surface area contributed by atoms with E-state index in [2.05, 4.69) is 0 Å². The van der Waals surface area contributed by atoms with Crippen LogP contribution in [0.5, 0.6) is 0 Å². The molecule has 0 aromatic rings. The van der Waals surface area contributed by atoms with E-state index in [1.165, 1.54) is 18.4 Å². The van der Waals surface area contributed by atoms with Gasteiger partial charge in [0.15, 0.2) is 0 Å². The molecule has 0 spiro atoms. The molecule has 2 fully saturated rings. The van der Waals surface area contributed by atoms with Crippen LogP contribution in [0, 0.1) is 17.8 Å². The van der Waals surface area contributed by atoms with E-state index in [1.807, 2.05) is 0 Å². The van der Waals surface area contributed by atoms with Crippen molar-refractivity contribution in [2.75, 3.05) is 13.6 Å². The zero-order valence-electron chi connectivity index (χ0n) is 10.8. The van der Waals surface area contributed by atoms with Gasteiger partial charge in [-0.05, 0) is 37.5 Å². The summed E-state index contributed by atoms with van der Waals surface area (Å²) >= 11 is 0. The molecule has 0 radical (unpaired) electrons. The van der Waals surface area contributed by atoms with Crippen LogP contribution in [0.2, 0.25) is 0 Å². The number of alkyl halides is 2. The van der Waals surface area contributed by atoms with Gasteiger partial charge in [-0.15, -0.1) is 0 Å². The van der Waals surface area contributed by atoms with Crippen LogP contribution in [0.1, 0.15) is 32.1 Å². The van der Waals surface area contributed by atoms with Gasteiger partial charge in [-0.1, -0.05) is 6.42 Å². The van der Waals surface area contributed by atoms with E-state index in [0.29, 0.717) is 11.8 Å². The third kappa shape index (κ3) is 2.82. The van der Waals surface area contributed by atoms with Crippen LogP contribution in [0.4, 0.5) is 8.78 Å². The van der Waals surface area contributed by atoms with Crippen molar-refractivity contribution < 1.29 is 13.6 Å². The van der Waals surface area contributed by atoms with Gasteiger partial charge in [-0.2, -0.15) is 0 Å². The summed E-state index contributed by atoms with van der Waals surface area (Å²) in [4.78, 5) is 13.3. The van der Waals surface area contributed by atoms with Crippen molar-refractivity contribution >= 4 is 5.91 Å². The number of hydrogen-bond acceptors (Lipinski definition) is 2. The Balaban J connectivity index is 1.96. The smallest absolute Gasteiger partial charge is 0.255 e. The van der Waals surface area contributed by atoms with E-state index in [-0.39, 0.29) is 17.9 Å². The van der Waals surface area contributed by atoms with E-state index in [1.54, 1.807) is 0 Å². The van der Waals surface area contributed by atoms with Crippen molar-refractivity contribution in [1.82, 2.24) is 4.90 Å². The Morgan fingerprint density at radius 1 is 1.33 bits per heavy atom. The van der Waals surface area contributed by atoms with Crippen molar-refractivity contribution in [3.05, 3.63) is 0 Å². The third-order valence-electron chi connectivity index (χ3n) is 4.55. The second kappa shape index (κ2) is 5.51. The predicted molar refractivity (Wildman–Crippen MR) is 65.2 cm³/mol. The van der Waals surface area contributed by atoms with Gasteiger partial charge in [0.2, 0.25) is 5.91 Å². The highest BCUT2D eigenvalue weighted by Crippen LogP contribution is 2.42. The molecule has 0 aromatic carbocycles. The van der Waals surface area contributed by atoms with Gasteiger partial charge in [0.05, 0.1) is 6.54 Å². The lowest BCUT2D eigenvalue weighted by molar-refractivity contribution is -0.139. The summed E-state index contributed by atoms with van der Waals surface area (Å²) in [6, 6.07) is 0.211. The number of nitrogens with zero attached hydrogens (tertiary/aromatic N) is 1. The molecule has 0 aliphatic heterocycles. The summed E-state index contributed by atoms with van der Waals surface area (Å²) in [6.07, 6.45) is 2.47. The maximum Gasteiger partial charge on any atom is 0.255 e. The van der Waals surface area contributed by atoms with Crippen molar-refractivity contribution in [3.8, 4) is 0 Å². The van der Waals surface area contributed by atoms with E-state index < -0.39 is 13.0 Å². The predicted octanol–water partition coefficient (Wildman–Crippen LogP) is 1.86. The van der Waals surface area contributed by atoms with Crippen LogP contribution in [0.3, 0.4) is 0 Å². The van der Waals surface area contributed by atoms with Gasteiger partial charge in [0, 0.05) is 19.0 Å². The molecule has 104 valence electrons. The second-order valence-corrected chi connectivity index (χ2v) is 5.81. The molecule has 0 heterocycles. The molecule has 0 aromatic heterocycles. The number of hydrogen-bond donors (Lipinski definition) is 1. The summed E-state index contributed by atoms with van der Waals surface area (Å²) in [5.74, 6) is 0.598. The van der Waals surface area contributed by atoms with E-state index in [9.17, 15) is 13.6 Å². The second-order valence-electron chi connectivity index (χ2n) is 5.81. The highest BCUT2D eigenvalue weighted by atomic mass is 19.3. The van der Waals surface area contributed by atoms with Gasteiger partial charge in [-0.3, -0.25) is 4.79 Å². The molecule has 2 saturated carbocycles. The topological polar surface area (TPSA) is 46.3 Å². The quantitative estimate of drug-likeness (QED) is 0.842. The molecular weight excluding hydrogens is 238 g/mol. The van der Waals surface area contributed by atoms with Crippen LogP contribution >= 0.6 is 0 Å². The lowest BCUT2D eigenvalue weighted by Gasteiger charge is -2.44. The number of carbonyl (C=O) groups excluding carboxylic acids is 1. The summed E-state index contributed by atoms with van der Waals surface area (Å²) in [6.45, 7) is -0.462. The average molecular weight is 260 g/mol. The molecule has 2 aliphatic carbocycles. The molecule has 18 heavy (non-hydrogen) atoms. The maximum absolute atomic E-state index is 12.3. The van der Waals surface area contributed by atoms with Gasteiger partial charge in [0.25, 0.3) is 6.43 Å². The molecule has 2 N–H and O–H groups in total. The van der Waals surface area contributed by atoms with Crippen LogP contribution in [0.15, 0.2) is 0 Å². The normalized spacial score (nSPS) is 35.6. The van der Waals surface area contributed by atoms with Gasteiger partial charge in [-0.25, -0.2) is 8.78 Å². The molecule has 0 saturated heterocycles. The first-order valence-electron chi connectivity index (χ1n) is 6.77. The number of nitrogens with two attached hydrogens (primary N) is 1. The number of fused-ring (bicyclic) bond motifs is 2. The lowest BCUT2D eigenvalue weighted by Crippen LogP contribution is -2.49. The van der Waals surface area contributed by atoms with Gasteiger partial charge < -0.3 is 10.6 Å². The number of rotatable bonds is 3. The molecule has 2 bridgehead atoms. The van der Waals surface area contributed by atoms with E-state index in [4.69, 9.17) is 5.73 Å². The first kappa shape index (κ1) is 13.7. The minimum atomic E-state index is -2.45. The Morgan fingerprint density at radius 2 is 1.89 bits per heavy atom. The maximum atomic E-state index is 12.3. The number of halogens is 2. The molecular formula is C13H22F2N2O. The largest absolute Gasteiger partial charge is 0.340 e. The zero-order chi connectivity index (χ0) is 13.3. The van der Waals surface area contributed by atoms with Crippen LogP contribution in [-0.4, -0.2) is 36.9 Å². The van der Waals surface area contributed by atoms with Crippen molar-refractivity contribution in [3.63, 3.8) is 0 Å². The zero-order valence-corrected chi connectivity index (χ0v) is 10.8. The van der Waals surface area contributed by atoms with Crippen LogP contribution < -0.4 is 5.73 Å². The fourth-order valence-electron chi connectivity index (χ4n) is 3.60. The Labute approximate surface area is 107 Å². The first-order chi connectivity index (χ1) is 8.49. The molecule has 5 heteroatoms. The van der Waals surface area contributed by atoms with Crippen molar-refractivity contribution in [2.45, 2.75) is 44.6 Å². The lowest BCUT2D eigenvalue weighted by atomic mass is 9.65. The molecule has 3 nitrogen and oxygen atoms in total. The minimum Gasteiger partial charge on any atom is -0.340 e. The average Bonchev–Trinajstić information content (AvgIpc) is 2.26. The molecule has 2 aliphatic rings. The van der Waals surface area contributed by atoms with Crippen LogP contribution in [0.25, 0.3) is 0 Å². The highest BCUT2D eigenvalue weighted by molar-refractivity contribution is 5.78. The fraction of sp³-hybridized carbons (Fsp3) is 0.923.